The van der Waals surface area contributed by atoms with Crippen molar-refractivity contribution in [2.24, 2.45) is 4.99 Å². The molecule has 2 unspecified atom stereocenters. The number of aliphatic imine (C=N–C) groups is 1. The second-order valence-electron chi connectivity index (χ2n) is 6.93. The molecule has 150 valence electrons. The van der Waals surface area contributed by atoms with Crippen LogP contribution in [0.1, 0.15) is 44.6 Å². The molecule has 2 fully saturated rings. The molecule has 1 saturated carbocycles. The van der Waals surface area contributed by atoms with E-state index in [1.54, 1.807) is 4.90 Å². The quantitative estimate of drug-likeness (QED) is 0.381. The van der Waals surface area contributed by atoms with Crippen LogP contribution in [0.3, 0.4) is 0 Å². The van der Waals surface area contributed by atoms with E-state index in [2.05, 4.69) is 46.0 Å². The first-order chi connectivity index (χ1) is 12.7. The molecule has 6 nitrogen and oxygen atoms in total. The maximum atomic E-state index is 11.8. The van der Waals surface area contributed by atoms with Crippen molar-refractivity contribution in [2.45, 2.75) is 51.1 Å². The van der Waals surface area contributed by atoms with Crippen molar-refractivity contribution in [1.82, 2.24) is 15.5 Å². The average molecular weight is 486 g/mol. The summed E-state index contributed by atoms with van der Waals surface area (Å²) in [5.74, 6) is 1.47. The van der Waals surface area contributed by atoms with Gasteiger partial charge in [-0.05, 0) is 38.7 Å². The van der Waals surface area contributed by atoms with E-state index in [-0.39, 0.29) is 30.1 Å². The van der Waals surface area contributed by atoms with Gasteiger partial charge in [0, 0.05) is 37.6 Å². The molecule has 1 aromatic carbocycles. The number of benzene rings is 1. The summed E-state index contributed by atoms with van der Waals surface area (Å²) in [4.78, 5) is 18.2. The van der Waals surface area contributed by atoms with Gasteiger partial charge in [0.05, 0.1) is 6.61 Å². The third-order valence-corrected chi connectivity index (χ3v) is 5.02. The summed E-state index contributed by atoms with van der Waals surface area (Å²) in [6.07, 6.45) is 2.78. The third kappa shape index (κ3) is 6.26. The molecule has 1 aliphatic carbocycles. The van der Waals surface area contributed by atoms with E-state index < -0.39 is 0 Å². The van der Waals surface area contributed by atoms with Crippen LogP contribution in [0.15, 0.2) is 35.3 Å². The first kappa shape index (κ1) is 21.8. The summed E-state index contributed by atoms with van der Waals surface area (Å²) < 4.78 is 5.08. The lowest BCUT2D eigenvalue weighted by atomic mass is 10.1. The number of likely N-dealkylation sites (tertiary alicyclic amines) is 1. The average Bonchev–Trinajstić information content (AvgIpc) is 3.42. The van der Waals surface area contributed by atoms with E-state index in [1.807, 2.05) is 13.8 Å². The Balaban J connectivity index is 0.00000261. The second-order valence-corrected chi connectivity index (χ2v) is 6.93. The van der Waals surface area contributed by atoms with Crippen LogP contribution in [0.2, 0.25) is 0 Å². The van der Waals surface area contributed by atoms with Crippen LogP contribution in [0.25, 0.3) is 0 Å². The van der Waals surface area contributed by atoms with Crippen LogP contribution in [0.5, 0.6) is 0 Å². The summed E-state index contributed by atoms with van der Waals surface area (Å²) in [5.41, 5.74) is 1.39. The highest BCUT2D eigenvalue weighted by atomic mass is 127. The molecule has 0 bridgehead atoms. The normalized spacial score (nSPS) is 22.6. The van der Waals surface area contributed by atoms with Crippen molar-refractivity contribution in [3.63, 3.8) is 0 Å². The molecular formula is C20H31IN4O2. The van der Waals surface area contributed by atoms with Gasteiger partial charge < -0.3 is 20.3 Å². The van der Waals surface area contributed by atoms with Crippen LogP contribution in [0, 0.1) is 0 Å². The number of carbonyl (C=O) groups excluding carboxylic acids is 1. The molecule has 2 N–H and O–H groups in total. The predicted molar refractivity (Wildman–Crippen MR) is 119 cm³/mol. The van der Waals surface area contributed by atoms with Crippen LogP contribution in [-0.2, 0) is 4.74 Å². The van der Waals surface area contributed by atoms with Crippen molar-refractivity contribution in [1.29, 1.82) is 0 Å². The fourth-order valence-corrected chi connectivity index (χ4v) is 3.50. The predicted octanol–water partition coefficient (Wildman–Crippen LogP) is 3.34. The fraction of sp³-hybridized carbons (Fsp3) is 0.600. The Morgan fingerprint density at radius 1 is 1.19 bits per heavy atom. The maximum absolute atomic E-state index is 11.8. The lowest BCUT2D eigenvalue weighted by Gasteiger charge is -2.32. The minimum absolute atomic E-state index is 0. The van der Waals surface area contributed by atoms with Gasteiger partial charge in [0.15, 0.2) is 5.96 Å². The molecule has 0 radical (unpaired) electrons. The Hall–Kier alpha value is -1.51. The first-order valence-electron chi connectivity index (χ1n) is 9.75. The van der Waals surface area contributed by atoms with E-state index in [1.165, 1.54) is 5.56 Å². The monoisotopic (exact) mass is 486 g/mol. The largest absolute Gasteiger partial charge is 0.450 e. The molecule has 0 aromatic heterocycles. The number of amides is 1. The molecule has 7 heteroatoms. The number of guanidine groups is 1. The molecule has 3 rings (SSSR count). The summed E-state index contributed by atoms with van der Waals surface area (Å²) >= 11 is 0. The molecule has 2 atom stereocenters. The van der Waals surface area contributed by atoms with Crippen molar-refractivity contribution >= 4 is 36.0 Å². The number of piperidine rings is 1. The zero-order valence-electron chi connectivity index (χ0n) is 16.2. The van der Waals surface area contributed by atoms with Gasteiger partial charge in [0.1, 0.15) is 0 Å². The van der Waals surface area contributed by atoms with Gasteiger partial charge in [-0.1, -0.05) is 30.3 Å². The van der Waals surface area contributed by atoms with Gasteiger partial charge >= 0.3 is 6.09 Å². The molecule has 27 heavy (non-hydrogen) atoms. The Kier molecular flexibility index (Phi) is 8.66. The van der Waals surface area contributed by atoms with Crippen LogP contribution in [-0.4, -0.2) is 55.3 Å². The fourth-order valence-electron chi connectivity index (χ4n) is 3.50. The van der Waals surface area contributed by atoms with Crippen molar-refractivity contribution in [2.75, 3.05) is 26.2 Å². The second kappa shape index (κ2) is 10.7. The summed E-state index contributed by atoms with van der Waals surface area (Å²) in [5, 5.41) is 7.13. The van der Waals surface area contributed by atoms with Gasteiger partial charge in [0.2, 0.25) is 0 Å². The summed E-state index contributed by atoms with van der Waals surface area (Å²) in [7, 11) is 0. The topological polar surface area (TPSA) is 66.0 Å². The first-order valence-corrected chi connectivity index (χ1v) is 9.75. The zero-order chi connectivity index (χ0) is 18.4. The van der Waals surface area contributed by atoms with Crippen molar-refractivity contribution in [3.05, 3.63) is 35.9 Å². The van der Waals surface area contributed by atoms with E-state index >= 15 is 0 Å². The van der Waals surface area contributed by atoms with Crippen LogP contribution >= 0.6 is 24.0 Å². The standard InChI is InChI=1S/C20H30N4O2.HI/c1-3-21-19(23-18-14-17(18)15-8-6-5-7-9-15)22-16-10-12-24(13-11-16)20(25)26-4-2;/h5-9,16-18H,3-4,10-14H2,1-2H3,(H2,21,22,23);1H. The molecular weight excluding hydrogens is 455 g/mol. The minimum atomic E-state index is -0.199. The minimum Gasteiger partial charge on any atom is -0.450 e. The molecule has 1 aliphatic heterocycles. The highest BCUT2D eigenvalue weighted by Gasteiger charge is 2.39. The molecule has 2 aliphatic rings. The Morgan fingerprint density at radius 2 is 1.89 bits per heavy atom. The molecule has 1 amide bonds. The summed E-state index contributed by atoms with van der Waals surface area (Å²) in [6.45, 7) is 6.52. The molecule has 0 spiro atoms. The Bertz CT molecular complexity index is 618. The number of halogens is 1. The van der Waals surface area contributed by atoms with Crippen molar-refractivity contribution in [3.8, 4) is 0 Å². The van der Waals surface area contributed by atoms with Gasteiger partial charge in [-0.3, -0.25) is 4.99 Å². The van der Waals surface area contributed by atoms with Gasteiger partial charge in [-0.25, -0.2) is 4.79 Å². The Labute approximate surface area is 179 Å². The van der Waals surface area contributed by atoms with E-state index in [9.17, 15) is 4.79 Å². The number of ether oxygens (including phenoxy) is 1. The van der Waals surface area contributed by atoms with E-state index in [4.69, 9.17) is 4.74 Å². The number of carbonyl (C=O) groups is 1. The van der Waals surface area contributed by atoms with Gasteiger partial charge in [-0.2, -0.15) is 0 Å². The zero-order valence-corrected chi connectivity index (χ0v) is 18.5. The van der Waals surface area contributed by atoms with Gasteiger partial charge in [0.25, 0.3) is 0 Å². The van der Waals surface area contributed by atoms with Crippen LogP contribution < -0.4 is 10.6 Å². The molecule has 1 heterocycles. The lowest BCUT2D eigenvalue weighted by molar-refractivity contribution is 0.0963. The highest BCUT2D eigenvalue weighted by molar-refractivity contribution is 14.0. The molecule has 1 saturated heterocycles. The van der Waals surface area contributed by atoms with Gasteiger partial charge in [-0.15, -0.1) is 24.0 Å². The Morgan fingerprint density at radius 3 is 2.52 bits per heavy atom. The number of hydrogen-bond acceptors (Lipinski definition) is 3. The van der Waals surface area contributed by atoms with Crippen LogP contribution in [0.4, 0.5) is 4.79 Å². The smallest absolute Gasteiger partial charge is 0.409 e. The molecule has 1 aromatic rings. The number of nitrogens with one attached hydrogen (secondary N) is 2. The number of nitrogens with zero attached hydrogens (tertiary/aromatic N) is 2. The SMILES string of the molecule is CCN=C(NC1CCN(C(=O)OCC)CC1)NC1CC1c1ccccc1.I. The van der Waals surface area contributed by atoms with E-state index in [0.717, 1.165) is 44.9 Å². The third-order valence-electron chi connectivity index (χ3n) is 5.02. The number of hydrogen-bond donors (Lipinski definition) is 2. The van der Waals surface area contributed by atoms with E-state index in [0.29, 0.717) is 24.6 Å². The lowest BCUT2D eigenvalue weighted by Crippen LogP contribution is -2.50. The number of rotatable bonds is 5. The summed E-state index contributed by atoms with van der Waals surface area (Å²) in [6, 6.07) is 11.4. The van der Waals surface area contributed by atoms with Crippen molar-refractivity contribution < 1.29 is 9.53 Å². The maximum Gasteiger partial charge on any atom is 0.409 e. The highest BCUT2D eigenvalue weighted by Crippen LogP contribution is 2.40.